The molecule has 96 valence electrons. The minimum atomic E-state index is 0.183. The highest BCUT2D eigenvalue weighted by Gasteiger charge is 2.58. The minimum absolute atomic E-state index is 0.183. The Kier molecular flexibility index (Phi) is 2.19. The van der Waals surface area contributed by atoms with E-state index >= 15 is 0 Å². The molecule has 1 aliphatic heterocycles. The van der Waals surface area contributed by atoms with E-state index in [1.807, 2.05) is 0 Å². The van der Waals surface area contributed by atoms with Crippen LogP contribution in [-0.2, 0) is 4.74 Å². The van der Waals surface area contributed by atoms with Crippen molar-refractivity contribution in [3.8, 4) is 0 Å². The van der Waals surface area contributed by atoms with E-state index in [9.17, 15) is 0 Å². The predicted molar refractivity (Wildman–Crippen MR) is 66.7 cm³/mol. The van der Waals surface area contributed by atoms with Crippen LogP contribution in [0.5, 0.6) is 0 Å². The fraction of sp³-hybridized carbons (Fsp3) is 1.00. The van der Waals surface area contributed by atoms with E-state index in [0.29, 0.717) is 5.54 Å². The van der Waals surface area contributed by atoms with Gasteiger partial charge in [0.15, 0.2) is 0 Å². The molecule has 4 saturated carbocycles. The first-order valence-electron chi connectivity index (χ1n) is 7.29. The molecule has 5 fully saturated rings. The number of morpholine rings is 1. The second-order valence-corrected chi connectivity index (χ2v) is 7.15. The third-order valence-corrected chi connectivity index (χ3v) is 5.76. The van der Waals surface area contributed by atoms with Crippen LogP contribution in [-0.4, -0.2) is 42.3 Å². The molecule has 1 heterocycles. The quantitative estimate of drug-likeness (QED) is 0.747. The third kappa shape index (κ3) is 1.59. The summed E-state index contributed by atoms with van der Waals surface area (Å²) in [5, 5.41) is 0. The highest BCUT2D eigenvalue weighted by atomic mass is 16.5. The van der Waals surface area contributed by atoms with E-state index in [1.165, 1.54) is 38.5 Å². The molecule has 0 radical (unpaired) electrons. The average Bonchev–Trinajstić information content (AvgIpc) is 2.27. The van der Waals surface area contributed by atoms with E-state index in [4.69, 9.17) is 10.5 Å². The molecule has 2 atom stereocenters. The Morgan fingerprint density at radius 2 is 1.65 bits per heavy atom. The Morgan fingerprint density at radius 1 is 1.00 bits per heavy atom. The van der Waals surface area contributed by atoms with Crippen LogP contribution < -0.4 is 5.73 Å². The van der Waals surface area contributed by atoms with Gasteiger partial charge in [0.05, 0.1) is 13.2 Å². The second-order valence-electron chi connectivity index (χ2n) is 7.15. The Hall–Kier alpha value is -0.120. The predicted octanol–water partition coefficient (Wildman–Crippen LogP) is 1.37. The van der Waals surface area contributed by atoms with Gasteiger partial charge in [-0.25, -0.2) is 0 Å². The molecule has 3 heteroatoms. The fourth-order valence-electron chi connectivity index (χ4n) is 5.69. The lowest BCUT2D eigenvalue weighted by molar-refractivity contribution is -0.123. The molecule has 5 rings (SSSR count). The molecule has 4 bridgehead atoms. The Labute approximate surface area is 104 Å². The smallest absolute Gasteiger partial charge is 0.0594 e. The summed E-state index contributed by atoms with van der Waals surface area (Å²) in [5.41, 5.74) is 7.30. The molecule has 0 spiro atoms. The topological polar surface area (TPSA) is 38.5 Å². The molecule has 5 aliphatic rings. The fourth-order valence-corrected chi connectivity index (χ4v) is 5.69. The number of ether oxygens (including phenoxy) is 1. The highest BCUT2D eigenvalue weighted by Crippen LogP contribution is 2.58. The number of hydrogen-bond acceptors (Lipinski definition) is 3. The summed E-state index contributed by atoms with van der Waals surface area (Å²) in [4.78, 5) is 2.73. The van der Waals surface area contributed by atoms with Gasteiger partial charge in [0, 0.05) is 24.2 Å². The van der Waals surface area contributed by atoms with Gasteiger partial charge in [-0.2, -0.15) is 0 Å². The van der Waals surface area contributed by atoms with Crippen molar-refractivity contribution in [2.75, 3.05) is 26.3 Å². The van der Waals surface area contributed by atoms with E-state index in [2.05, 4.69) is 4.90 Å². The van der Waals surface area contributed by atoms with Crippen molar-refractivity contribution < 1.29 is 4.74 Å². The van der Waals surface area contributed by atoms with Gasteiger partial charge >= 0.3 is 0 Å². The minimum Gasteiger partial charge on any atom is -0.379 e. The number of nitrogens with zero attached hydrogens (tertiary/aromatic N) is 1. The van der Waals surface area contributed by atoms with E-state index in [1.54, 1.807) is 0 Å². The van der Waals surface area contributed by atoms with Gasteiger partial charge in [-0.1, -0.05) is 0 Å². The summed E-state index contributed by atoms with van der Waals surface area (Å²) >= 11 is 0. The molecular weight excluding hydrogens is 212 g/mol. The summed E-state index contributed by atoms with van der Waals surface area (Å²) in [6.45, 7) is 4.12. The first-order valence-corrected chi connectivity index (χ1v) is 7.29. The maximum atomic E-state index is 6.65. The third-order valence-electron chi connectivity index (χ3n) is 5.76. The Morgan fingerprint density at radius 3 is 2.24 bits per heavy atom. The molecule has 0 aromatic carbocycles. The van der Waals surface area contributed by atoms with E-state index in [0.717, 1.165) is 38.1 Å². The lowest BCUT2D eigenvalue weighted by Gasteiger charge is -2.64. The van der Waals surface area contributed by atoms with Crippen LogP contribution in [0.15, 0.2) is 0 Å². The molecule has 0 aromatic rings. The monoisotopic (exact) mass is 236 g/mol. The maximum Gasteiger partial charge on any atom is 0.0594 e. The molecular formula is C14H24N2O. The van der Waals surface area contributed by atoms with Gasteiger partial charge in [0.25, 0.3) is 0 Å². The molecule has 0 amide bonds. The summed E-state index contributed by atoms with van der Waals surface area (Å²) in [5.74, 6) is 1.84. The lowest BCUT2D eigenvalue weighted by Crippen LogP contribution is -2.69. The van der Waals surface area contributed by atoms with Crippen molar-refractivity contribution in [3.63, 3.8) is 0 Å². The standard InChI is InChI=1S/C14H24N2O/c15-13-6-11-5-12(7-13)9-14(8-11,10-13)16-1-3-17-4-2-16/h11-12H,1-10,15H2. The lowest BCUT2D eigenvalue weighted by atomic mass is 9.49. The van der Waals surface area contributed by atoms with Gasteiger partial charge in [0.1, 0.15) is 0 Å². The Balaban J connectivity index is 1.64. The summed E-state index contributed by atoms with van der Waals surface area (Å²) < 4.78 is 5.52. The zero-order valence-corrected chi connectivity index (χ0v) is 10.7. The summed E-state index contributed by atoms with van der Waals surface area (Å²) in [6, 6.07) is 0. The van der Waals surface area contributed by atoms with Crippen LogP contribution in [0.25, 0.3) is 0 Å². The van der Waals surface area contributed by atoms with Gasteiger partial charge < -0.3 is 10.5 Å². The van der Waals surface area contributed by atoms with Crippen LogP contribution in [0, 0.1) is 11.8 Å². The van der Waals surface area contributed by atoms with Crippen molar-refractivity contribution in [2.24, 2.45) is 17.6 Å². The Bertz CT molecular complexity index is 310. The molecule has 0 aromatic heterocycles. The van der Waals surface area contributed by atoms with Crippen molar-refractivity contribution in [1.82, 2.24) is 4.90 Å². The normalized spacial score (nSPS) is 54.2. The largest absolute Gasteiger partial charge is 0.379 e. The molecule has 2 unspecified atom stereocenters. The zero-order valence-electron chi connectivity index (χ0n) is 10.7. The average molecular weight is 236 g/mol. The molecule has 17 heavy (non-hydrogen) atoms. The van der Waals surface area contributed by atoms with Crippen molar-refractivity contribution >= 4 is 0 Å². The molecule has 4 aliphatic carbocycles. The first-order chi connectivity index (χ1) is 8.18. The van der Waals surface area contributed by atoms with E-state index in [-0.39, 0.29) is 5.54 Å². The van der Waals surface area contributed by atoms with Crippen LogP contribution in [0.2, 0.25) is 0 Å². The first kappa shape index (κ1) is 10.8. The molecule has 3 nitrogen and oxygen atoms in total. The van der Waals surface area contributed by atoms with Crippen molar-refractivity contribution in [1.29, 1.82) is 0 Å². The van der Waals surface area contributed by atoms with Crippen LogP contribution in [0.3, 0.4) is 0 Å². The van der Waals surface area contributed by atoms with Gasteiger partial charge in [-0.3, -0.25) is 4.90 Å². The van der Waals surface area contributed by atoms with Crippen molar-refractivity contribution in [3.05, 3.63) is 0 Å². The molecule has 2 N–H and O–H groups in total. The van der Waals surface area contributed by atoms with Crippen molar-refractivity contribution in [2.45, 2.75) is 49.6 Å². The van der Waals surface area contributed by atoms with Crippen LogP contribution >= 0.6 is 0 Å². The summed E-state index contributed by atoms with van der Waals surface area (Å²) in [6.07, 6.45) is 8.16. The zero-order chi connectivity index (χ0) is 11.5. The second kappa shape index (κ2) is 3.46. The maximum absolute atomic E-state index is 6.65. The SMILES string of the molecule is NC12CC3CC(C1)CC(N1CCOCC1)(C3)C2. The van der Waals surface area contributed by atoms with Crippen LogP contribution in [0.1, 0.15) is 38.5 Å². The van der Waals surface area contributed by atoms with Crippen LogP contribution in [0.4, 0.5) is 0 Å². The van der Waals surface area contributed by atoms with Gasteiger partial charge in [-0.05, 0) is 50.4 Å². The number of nitrogens with two attached hydrogens (primary N) is 1. The summed E-state index contributed by atoms with van der Waals surface area (Å²) in [7, 11) is 0. The number of rotatable bonds is 1. The molecule has 1 saturated heterocycles. The van der Waals surface area contributed by atoms with Gasteiger partial charge in [0.2, 0.25) is 0 Å². The highest BCUT2D eigenvalue weighted by molar-refractivity contribution is 5.15. The van der Waals surface area contributed by atoms with Gasteiger partial charge in [-0.15, -0.1) is 0 Å². The number of hydrogen-bond donors (Lipinski definition) is 1. The van der Waals surface area contributed by atoms with E-state index < -0.39 is 0 Å².